The molecule has 0 aliphatic rings. The average Bonchev–Trinajstić information content (AvgIpc) is 2.81. The Bertz CT molecular complexity index is 1320. The molecule has 2 amide bonds. The van der Waals surface area contributed by atoms with Crippen LogP contribution in [0.5, 0.6) is 0 Å². The molecule has 0 fully saturated rings. The van der Waals surface area contributed by atoms with Crippen LogP contribution in [-0.4, -0.2) is 22.6 Å². The summed E-state index contributed by atoms with van der Waals surface area (Å²) in [5.74, 6) is 0.234. The van der Waals surface area contributed by atoms with Gasteiger partial charge in [0.05, 0.1) is 0 Å². The summed E-state index contributed by atoms with van der Waals surface area (Å²) >= 11 is 1.68. The monoisotopic (exact) mass is 547 g/mol. The van der Waals surface area contributed by atoms with Crippen molar-refractivity contribution in [3.8, 4) is 11.1 Å². The number of nitrogens with one attached hydrogen (secondary N) is 1. The Labute approximate surface area is 237 Å². The number of nitrogens with two attached hydrogens (primary N) is 1. The fraction of sp³-hybridized carbons (Fsp3) is 0.406. The molecule has 0 aliphatic heterocycles. The number of aromatic nitrogens is 1. The summed E-state index contributed by atoms with van der Waals surface area (Å²) in [6.07, 6.45) is 0.310. The number of pyridine rings is 1. The van der Waals surface area contributed by atoms with E-state index in [0.717, 1.165) is 45.0 Å². The number of carbonyl (C=O) groups excluding carboxylic acids is 2. The third-order valence-electron chi connectivity index (χ3n) is 6.06. The van der Waals surface area contributed by atoms with Gasteiger partial charge in [-0.1, -0.05) is 50.6 Å². The minimum absolute atomic E-state index is 0.00307. The number of aryl methyl sites for hydroxylation is 2. The number of hydrogen-bond donors (Lipinski definition) is 2. The number of alkyl carbamates (subject to hydrolysis) is 1. The van der Waals surface area contributed by atoms with E-state index in [-0.39, 0.29) is 5.41 Å². The molecule has 0 atom stereocenters. The maximum atomic E-state index is 12.7. The van der Waals surface area contributed by atoms with Gasteiger partial charge in [0.1, 0.15) is 5.60 Å². The summed E-state index contributed by atoms with van der Waals surface area (Å²) < 4.78 is 5.54. The molecule has 208 valence electrons. The van der Waals surface area contributed by atoms with Gasteiger partial charge in [0.25, 0.3) is 0 Å². The Kier molecular flexibility index (Phi) is 9.49. The summed E-state index contributed by atoms with van der Waals surface area (Å²) in [4.78, 5) is 30.3. The van der Waals surface area contributed by atoms with Crippen LogP contribution in [0.1, 0.15) is 80.0 Å². The number of thioether (sulfide) groups is 1. The lowest BCUT2D eigenvalue weighted by Crippen LogP contribution is -2.33. The van der Waals surface area contributed by atoms with Crippen molar-refractivity contribution < 1.29 is 14.3 Å². The fourth-order valence-corrected chi connectivity index (χ4v) is 5.27. The van der Waals surface area contributed by atoms with E-state index >= 15 is 0 Å². The summed E-state index contributed by atoms with van der Waals surface area (Å²) in [7, 11) is 0. The average molecular weight is 548 g/mol. The number of benzene rings is 2. The molecular formula is C32H41N3O3S. The highest BCUT2D eigenvalue weighted by atomic mass is 32.2. The zero-order valence-electron chi connectivity index (χ0n) is 24.4. The molecule has 7 heteroatoms. The second kappa shape index (κ2) is 12.2. The Morgan fingerprint density at radius 1 is 0.923 bits per heavy atom. The van der Waals surface area contributed by atoms with Gasteiger partial charge in [0.2, 0.25) is 5.91 Å². The van der Waals surface area contributed by atoms with E-state index in [0.29, 0.717) is 17.9 Å². The van der Waals surface area contributed by atoms with Gasteiger partial charge in [-0.25, -0.2) is 4.79 Å². The third kappa shape index (κ3) is 8.85. The predicted molar refractivity (Wildman–Crippen MR) is 160 cm³/mol. The maximum absolute atomic E-state index is 12.7. The van der Waals surface area contributed by atoms with Crippen LogP contribution >= 0.6 is 11.8 Å². The molecule has 3 rings (SSSR count). The van der Waals surface area contributed by atoms with E-state index in [1.165, 1.54) is 5.56 Å². The van der Waals surface area contributed by atoms with Crippen LogP contribution < -0.4 is 11.1 Å². The van der Waals surface area contributed by atoms with Crippen LogP contribution in [0.15, 0.2) is 53.4 Å². The van der Waals surface area contributed by atoms with E-state index in [2.05, 4.69) is 64.2 Å². The van der Waals surface area contributed by atoms with Crippen molar-refractivity contribution in [2.45, 2.75) is 84.6 Å². The van der Waals surface area contributed by atoms with E-state index in [1.54, 1.807) is 23.9 Å². The van der Waals surface area contributed by atoms with Gasteiger partial charge >= 0.3 is 6.09 Å². The Balaban J connectivity index is 2.11. The lowest BCUT2D eigenvalue weighted by Gasteiger charge is -2.26. The normalized spacial score (nSPS) is 11.8. The lowest BCUT2D eigenvalue weighted by molar-refractivity contribution is 0.0523. The zero-order valence-corrected chi connectivity index (χ0v) is 25.2. The van der Waals surface area contributed by atoms with Crippen LogP contribution in [0.2, 0.25) is 0 Å². The van der Waals surface area contributed by atoms with Crippen LogP contribution in [0, 0.1) is 19.3 Å². The number of hydrogen-bond acceptors (Lipinski definition) is 5. The topological polar surface area (TPSA) is 94.3 Å². The number of carbonyl (C=O) groups is 2. The molecule has 2 aromatic carbocycles. The highest BCUT2D eigenvalue weighted by Crippen LogP contribution is 2.37. The molecule has 0 saturated carbocycles. The molecule has 0 radical (unpaired) electrons. The Morgan fingerprint density at radius 2 is 1.54 bits per heavy atom. The molecule has 0 unspecified atom stereocenters. The number of amides is 2. The lowest BCUT2D eigenvalue weighted by atomic mass is 9.85. The smallest absolute Gasteiger partial charge is 0.407 e. The second-order valence-electron chi connectivity index (χ2n) is 12.1. The molecule has 0 aliphatic carbocycles. The summed E-state index contributed by atoms with van der Waals surface area (Å²) in [6, 6.07) is 15.8. The number of rotatable bonds is 8. The first-order valence-corrected chi connectivity index (χ1v) is 14.2. The highest BCUT2D eigenvalue weighted by molar-refractivity contribution is 7.98. The van der Waals surface area contributed by atoms with Crippen LogP contribution in [0.25, 0.3) is 11.1 Å². The van der Waals surface area contributed by atoms with E-state index in [4.69, 9.17) is 15.5 Å². The highest BCUT2D eigenvalue weighted by Gasteiger charge is 2.24. The molecule has 1 heterocycles. The van der Waals surface area contributed by atoms with Crippen molar-refractivity contribution in [3.63, 3.8) is 0 Å². The molecule has 3 aromatic rings. The van der Waals surface area contributed by atoms with Gasteiger partial charge in [0, 0.05) is 39.7 Å². The Morgan fingerprint density at radius 3 is 2.08 bits per heavy atom. The first kappa shape index (κ1) is 30.2. The standard InChI is InChI=1S/C32H41N3O3S/c1-20-9-11-22(12-10-20)28-25(18-34-30(37)38-32(6,7)8)27(17-31(3,4)5)35-21(2)26(28)19-39-24-15-13-23(14-16-24)29(33)36/h9-16H,17-19H2,1-8H3,(H2,33,36)(H,34,37). The van der Waals surface area contributed by atoms with E-state index < -0.39 is 17.6 Å². The van der Waals surface area contributed by atoms with Crippen molar-refractivity contribution in [1.29, 1.82) is 0 Å². The van der Waals surface area contributed by atoms with Gasteiger partial charge < -0.3 is 15.8 Å². The van der Waals surface area contributed by atoms with Gasteiger partial charge in [-0.3, -0.25) is 9.78 Å². The SMILES string of the molecule is Cc1ccc(-c2c(CSc3ccc(C(N)=O)cc3)c(C)nc(CC(C)(C)C)c2CNC(=O)OC(C)(C)C)cc1. The van der Waals surface area contributed by atoms with E-state index in [9.17, 15) is 9.59 Å². The Hall–Kier alpha value is -3.32. The van der Waals surface area contributed by atoms with Crippen LogP contribution in [0.3, 0.4) is 0 Å². The number of primary amides is 1. The number of ether oxygens (including phenoxy) is 1. The van der Waals surface area contributed by atoms with Crippen LogP contribution in [0.4, 0.5) is 4.79 Å². The van der Waals surface area contributed by atoms with Crippen molar-refractivity contribution in [2.75, 3.05) is 0 Å². The first-order chi connectivity index (χ1) is 18.1. The third-order valence-corrected chi connectivity index (χ3v) is 7.10. The molecule has 6 nitrogen and oxygen atoms in total. The molecule has 39 heavy (non-hydrogen) atoms. The molecule has 3 N–H and O–H groups in total. The maximum Gasteiger partial charge on any atom is 0.407 e. The van der Waals surface area contributed by atoms with Crippen molar-refractivity contribution in [1.82, 2.24) is 10.3 Å². The van der Waals surface area contributed by atoms with Gasteiger partial charge in [0.15, 0.2) is 0 Å². The molecular weight excluding hydrogens is 506 g/mol. The zero-order chi connectivity index (χ0) is 29.0. The molecule has 0 saturated heterocycles. The van der Waals surface area contributed by atoms with Gasteiger partial charge in [-0.2, -0.15) is 0 Å². The molecule has 0 spiro atoms. The van der Waals surface area contributed by atoms with Crippen LogP contribution in [-0.2, 0) is 23.5 Å². The summed E-state index contributed by atoms with van der Waals surface area (Å²) in [6.45, 7) is 16.6. The molecule has 1 aromatic heterocycles. The predicted octanol–water partition coefficient (Wildman–Crippen LogP) is 7.37. The van der Waals surface area contributed by atoms with Gasteiger partial charge in [-0.05, 0) is 87.4 Å². The minimum atomic E-state index is -0.588. The van der Waals surface area contributed by atoms with Crippen molar-refractivity contribution >= 4 is 23.8 Å². The van der Waals surface area contributed by atoms with E-state index in [1.807, 2.05) is 32.9 Å². The number of nitrogens with zero attached hydrogens (tertiary/aromatic N) is 1. The summed E-state index contributed by atoms with van der Waals surface area (Å²) in [5, 5.41) is 2.99. The quantitative estimate of drug-likeness (QED) is 0.287. The minimum Gasteiger partial charge on any atom is -0.444 e. The second-order valence-corrected chi connectivity index (χ2v) is 13.2. The van der Waals surface area contributed by atoms with Crippen molar-refractivity contribution in [3.05, 3.63) is 82.2 Å². The first-order valence-electron chi connectivity index (χ1n) is 13.2. The van der Waals surface area contributed by atoms with Gasteiger partial charge in [-0.15, -0.1) is 11.8 Å². The molecule has 0 bridgehead atoms. The van der Waals surface area contributed by atoms with Crippen molar-refractivity contribution in [2.24, 2.45) is 11.1 Å². The summed E-state index contributed by atoms with van der Waals surface area (Å²) in [5.41, 5.74) is 12.7. The largest absolute Gasteiger partial charge is 0.444 e. The fourth-order valence-electron chi connectivity index (χ4n) is 4.27.